The number of hydrogen-bond donors (Lipinski definition) is 1. The molecule has 0 aliphatic heterocycles. The van der Waals surface area contributed by atoms with Gasteiger partial charge in [0.2, 0.25) is 0 Å². The van der Waals surface area contributed by atoms with Crippen molar-refractivity contribution in [2.24, 2.45) is 0 Å². The SMILES string of the molecule is N#CCCCS(=O)(=O)c1cc(C(=O)O)ccc1Br. The molecule has 0 saturated carbocycles. The lowest BCUT2D eigenvalue weighted by molar-refractivity contribution is 0.0696. The fourth-order valence-corrected chi connectivity index (χ4v) is 3.73. The first kappa shape index (κ1) is 14.7. The maximum absolute atomic E-state index is 12.0. The number of nitrogens with zero attached hydrogens (tertiary/aromatic N) is 1. The monoisotopic (exact) mass is 331 g/mol. The molecule has 0 aliphatic rings. The van der Waals surface area contributed by atoms with Crippen LogP contribution in [0.1, 0.15) is 23.2 Å². The highest BCUT2D eigenvalue weighted by atomic mass is 79.9. The predicted molar refractivity (Wildman–Crippen MR) is 68.0 cm³/mol. The summed E-state index contributed by atoms with van der Waals surface area (Å²) in [6.07, 6.45) is 0.373. The van der Waals surface area contributed by atoms with Crippen LogP contribution in [-0.2, 0) is 9.84 Å². The van der Waals surface area contributed by atoms with E-state index in [0.29, 0.717) is 4.47 Å². The molecule has 1 aromatic carbocycles. The summed E-state index contributed by atoms with van der Waals surface area (Å²) in [4.78, 5) is 10.7. The molecule has 5 nitrogen and oxygen atoms in total. The van der Waals surface area contributed by atoms with Gasteiger partial charge in [-0.1, -0.05) is 0 Å². The molecule has 0 bridgehead atoms. The van der Waals surface area contributed by atoms with E-state index in [2.05, 4.69) is 15.9 Å². The number of rotatable bonds is 5. The first-order valence-electron chi connectivity index (χ1n) is 5.01. The Kier molecular flexibility index (Phi) is 4.87. The fraction of sp³-hybridized carbons (Fsp3) is 0.273. The lowest BCUT2D eigenvalue weighted by Gasteiger charge is -2.06. The molecule has 7 heteroatoms. The van der Waals surface area contributed by atoms with E-state index in [9.17, 15) is 13.2 Å². The van der Waals surface area contributed by atoms with E-state index in [1.54, 1.807) is 0 Å². The van der Waals surface area contributed by atoms with Crippen LogP contribution >= 0.6 is 15.9 Å². The van der Waals surface area contributed by atoms with Gasteiger partial charge in [-0.05, 0) is 40.5 Å². The van der Waals surface area contributed by atoms with Crippen molar-refractivity contribution in [3.05, 3.63) is 28.2 Å². The van der Waals surface area contributed by atoms with Gasteiger partial charge in [0.1, 0.15) is 0 Å². The molecule has 1 aromatic rings. The minimum Gasteiger partial charge on any atom is -0.478 e. The van der Waals surface area contributed by atoms with Crippen molar-refractivity contribution in [2.75, 3.05) is 5.75 Å². The molecule has 96 valence electrons. The van der Waals surface area contributed by atoms with Crippen LogP contribution in [0.25, 0.3) is 0 Å². The molecule has 1 N–H and O–H groups in total. The summed E-state index contributed by atoms with van der Waals surface area (Å²) in [7, 11) is -3.58. The van der Waals surface area contributed by atoms with Crippen molar-refractivity contribution in [1.82, 2.24) is 0 Å². The number of halogens is 1. The van der Waals surface area contributed by atoms with Gasteiger partial charge >= 0.3 is 5.97 Å². The summed E-state index contributed by atoms with van der Waals surface area (Å²) in [5.41, 5.74) is -0.0861. The van der Waals surface area contributed by atoms with E-state index >= 15 is 0 Å². The smallest absolute Gasteiger partial charge is 0.335 e. The van der Waals surface area contributed by atoms with Crippen LogP contribution in [0.5, 0.6) is 0 Å². The predicted octanol–water partition coefficient (Wildman–Crippen LogP) is 2.22. The van der Waals surface area contributed by atoms with Gasteiger partial charge in [0, 0.05) is 10.9 Å². The second-order valence-electron chi connectivity index (χ2n) is 3.53. The molecule has 0 unspecified atom stereocenters. The van der Waals surface area contributed by atoms with Crippen LogP contribution in [0.4, 0.5) is 0 Å². The Morgan fingerprint density at radius 1 is 1.44 bits per heavy atom. The number of carboxylic acids is 1. The first-order chi connectivity index (χ1) is 8.38. The van der Waals surface area contributed by atoms with Gasteiger partial charge in [-0.25, -0.2) is 13.2 Å². The average Bonchev–Trinajstić information content (AvgIpc) is 2.29. The number of nitriles is 1. The third kappa shape index (κ3) is 3.55. The van der Waals surface area contributed by atoms with Crippen molar-refractivity contribution in [3.63, 3.8) is 0 Å². The summed E-state index contributed by atoms with van der Waals surface area (Å²) in [6.45, 7) is 0. The molecule has 0 spiro atoms. The van der Waals surface area contributed by atoms with Crippen molar-refractivity contribution in [2.45, 2.75) is 17.7 Å². The van der Waals surface area contributed by atoms with Crippen molar-refractivity contribution in [1.29, 1.82) is 5.26 Å². The molecule has 0 aromatic heterocycles. The van der Waals surface area contributed by atoms with Gasteiger partial charge in [0.25, 0.3) is 0 Å². The van der Waals surface area contributed by atoms with Crippen LogP contribution < -0.4 is 0 Å². The molecule has 0 atom stereocenters. The van der Waals surface area contributed by atoms with Crippen LogP contribution in [0, 0.1) is 11.3 Å². The molecule has 0 amide bonds. The fourth-order valence-electron chi connectivity index (χ4n) is 1.33. The van der Waals surface area contributed by atoms with E-state index in [-0.39, 0.29) is 29.1 Å². The summed E-state index contributed by atoms with van der Waals surface area (Å²) in [6, 6.07) is 5.69. The Morgan fingerprint density at radius 3 is 2.67 bits per heavy atom. The van der Waals surface area contributed by atoms with Gasteiger partial charge in [-0.15, -0.1) is 0 Å². The normalized spacial score (nSPS) is 10.9. The summed E-state index contributed by atoms with van der Waals surface area (Å²) >= 11 is 3.09. The van der Waals surface area contributed by atoms with Gasteiger partial charge in [-0.2, -0.15) is 5.26 Å². The molecular weight excluding hydrogens is 322 g/mol. The Morgan fingerprint density at radius 2 is 2.11 bits per heavy atom. The molecule has 0 saturated heterocycles. The van der Waals surface area contributed by atoms with Crippen molar-refractivity contribution < 1.29 is 18.3 Å². The topological polar surface area (TPSA) is 95.2 Å². The zero-order valence-corrected chi connectivity index (χ0v) is 11.7. The molecule has 0 aliphatic carbocycles. The summed E-state index contributed by atoms with van der Waals surface area (Å²) in [5, 5.41) is 17.2. The molecule has 0 heterocycles. The molecule has 1 rings (SSSR count). The molecule has 0 fully saturated rings. The number of aromatic carboxylic acids is 1. The Hall–Kier alpha value is -1.39. The second-order valence-corrected chi connectivity index (χ2v) is 6.46. The van der Waals surface area contributed by atoms with Crippen LogP contribution in [0.2, 0.25) is 0 Å². The third-order valence-electron chi connectivity index (χ3n) is 2.21. The van der Waals surface area contributed by atoms with E-state index in [4.69, 9.17) is 10.4 Å². The molecule has 18 heavy (non-hydrogen) atoms. The minimum atomic E-state index is -3.58. The maximum atomic E-state index is 12.0. The average molecular weight is 332 g/mol. The van der Waals surface area contributed by atoms with Crippen molar-refractivity contribution >= 4 is 31.7 Å². The quantitative estimate of drug-likeness (QED) is 0.834. The maximum Gasteiger partial charge on any atom is 0.335 e. The standard InChI is InChI=1S/C11H10BrNO4S/c12-9-4-3-8(11(14)15)7-10(9)18(16,17)6-2-1-5-13/h3-4,7H,1-2,6H2,(H,14,15). The zero-order valence-electron chi connectivity index (χ0n) is 9.26. The highest BCUT2D eigenvalue weighted by molar-refractivity contribution is 9.10. The number of carbonyl (C=O) groups is 1. The number of unbranched alkanes of at least 4 members (excludes halogenated alkanes) is 1. The van der Waals surface area contributed by atoms with E-state index in [1.165, 1.54) is 12.1 Å². The minimum absolute atomic E-state index is 0.0552. The van der Waals surface area contributed by atoms with E-state index in [1.807, 2.05) is 6.07 Å². The van der Waals surface area contributed by atoms with Gasteiger partial charge in [0.05, 0.1) is 22.3 Å². The molecule has 0 radical (unpaired) electrons. The lowest BCUT2D eigenvalue weighted by atomic mass is 10.2. The largest absolute Gasteiger partial charge is 0.478 e. The number of sulfone groups is 1. The Bertz CT molecular complexity index is 604. The van der Waals surface area contributed by atoms with Crippen LogP contribution in [-0.4, -0.2) is 25.2 Å². The first-order valence-corrected chi connectivity index (χ1v) is 7.45. The van der Waals surface area contributed by atoms with E-state index in [0.717, 1.165) is 6.07 Å². The summed E-state index contributed by atoms with van der Waals surface area (Å²) in [5.74, 6) is -1.36. The third-order valence-corrected chi connectivity index (χ3v) is 5.00. The lowest BCUT2D eigenvalue weighted by Crippen LogP contribution is -2.09. The Balaban J connectivity index is 3.12. The second kappa shape index (κ2) is 5.98. The Labute approximate surface area is 113 Å². The highest BCUT2D eigenvalue weighted by Crippen LogP contribution is 2.25. The highest BCUT2D eigenvalue weighted by Gasteiger charge is 2.19. The van der Waals surface area contributed by atoms with Crippen LogP contribution in [0.3, 0.4) is 0 Å². The van der Waals surface area contributed by atoms with E-state index < -0.39 is 15.8 Å². The number of hydrogen-bond acceptors (Lipinski definition) is 4. The number of benzene rings is 1. The van der Waals surface area contributed by atoms with Gasteiger partial charge in [0.15, 0.2) is 9.84 Å². The summed E-state index contributed by atoms with van der Waals surface area (Å²) < 4.78 is 24.3. The van der Waals surface area contributed by atoms with Crippen LogP contribution in [0.15, 0.2) is 27.6 Å². The zero-order chi connectivity index (χ0) is 13.8. The molecular formula is C11H10BrNO4S. The van der Waals surface area contributed by atoms with Crippen molar-refractivity contribution in [3.8, 4) is 6.07 Å². The number of carboxylic acid groups (broad SMARTS) is 1. The van der Waals surface area contributed by atoms with Gasteiger partial charge in [-0.3, -0.25) is 0 Å². The van der Waals surface area contributed by atoms with Gasteiger partial charge < -0.3 is 5.11 Å².